The molecule has 4 bridgehead atoms. The molecule has 0 amide bonds. The molecule has 0 aliphatic heterocycles. The summed E-state index contributed by atoms with van der Waals surface area (Å²) in [6.45, 7) is 7.29. The van der Waals surface area contributed by atoms with E-state index in [9.17, 15) is 5.11 Å². The average molecular weight is 248 g/mol. The molecule has 18 heavy (non-hydrogen) atoms. The predicted octanol–water partition coefficient (Wildman–Crippen LogP) is 4.14. The molecule has 0 spiro atoms. The molecule has 0 heterocycles. The van der Waals surface area contributed by atoms with Crippen LogP contribution in [0, 0.1) is 28.1 Å². The first-order valence-corrected chi connectivity index (χ1v) is 7.97. The lowest BCUT2D eigenvalue weighted by Gasteiger charge is -2.66. The van der Waals surface area contributed by atoms with Crippen molar-refractivity contribution in [3.8, 4) is 0 Å². The SMILES string of the molecule is CC1CC1(O)CC12CC3CC(C)(CC(C)(C3)C1)C2. The molecular formula is C17H28O. The molecule has 0 radical (unpaired) electrons. The van der Waals surface area contributed by atoms with Gasteiger partial charge in [-0.1, -0.05) is 20.8 Å². The highest BCUT2D eigenvalue weighted by molar-refractivity contribution is 5.14. The Balaban J connectivity index is 1.65. The van der Waals surface area contributed by atoms with E-state index in [0.717, 1.165) is 18.8 Å². The van der Waals surface area contributed by atoms with Gasteiger partial charge in [0.05, 0.1) is 5.60 Å². The summed E-state index contributed by atoms with van der Waals surface area (Å²) in [7, 11) is 0. The van der Waals surface area contributed by atoms with Crippen LogP contribution in [0.4, 0.5) is 0 Å². The Morgan fingerprint density at radius 3 is 1.94 bits per heavy atom. The fourth-order valence-corrected chi connectivity index (χ4v) is 7.25. The van der Waals surface area contributed by atoms with Gasteiger partial charge < -0.3 is 5.11 Å². The molecule has 4 unspecified atom stereocenters. The summed E-state index contributed by atoms with van der Waals surface area (Å²) in [5.74, 6) is 1.53. The maximum atomic E-state index is 10.6. The molecule has 0 saturated heterocycles. The molecule has 102 valence electrons. The highest BCUT2D eigenvalue weighted by atomic mass is 16.3. The maximum Gasteiger partial charge on any atom is 0.0683 e. The van der Waals surface area contributed by atoms with Crippen LogP contribution < -0.4 is 0 Å². The van der Waals surface area contributed by atoms with Crippen LogP contribution in [0.25, 0.3) is 0 Å². The number of rotatable bonds is 2. The number of hydrogen-bond donors (Lipinski definition) is 1. The fourth-order valence-electron chi connectivity index (χ4n) is 7.25. The second-order valence-electron chi connectivity index (χ2n) is 9.52. The Morgan fingerprint density at radius 1 is 0.944 bits per heavy atom. The van der Waals surface area contributed by atoms with E-state index in [1.807, 2.05) is 0 Å². The van der Waals surface area contributed by atoms with Crippen molar-refractivity contribution in [3.05, 3.63) is 0 Å². The Bertz CT molecular complexity index is 382. The number of aliphatic hydroxyl groups is 1. The van der Waals surface area contributed by atoms with Gasteiger partial charge in [0.1, 0.15) is 0 Å². The average Bonchev–Trinajstić information content (AvgIpc) is 2.63. The number of hydrogen-bond acceptors (Lipinski definition) is 1. The van der Waals surface area contributed by atoms with Crippen molar-refractivity contribution in [2.45, 2.75) is 77.7 Å². The minimum absolute atomic E-state index is 0.279. The van der Waals surface area contributed by atoms with Crippen LogP contribution in [-0.4, -0.2) is 10.7 Å². The highest BCUT2D eigenvalue weighted by Gasteiger charge is 2.63. The molecule has 5 aliphatic carbocycles. The van der Waals surface area contributed by atoms with Crippen molar-refractivity contribution in [1.82, 2.24) is 0 Å². The zero-order chi connectivity index (χ0) is 12.8. The third kappa shape index (κ3) is 1.55. The first kappa shape index (κ1) is 11.8. The topological polar surface area (TPSA) is 20.2 Å². The summed E-state index contributed by atoms with van der Waals surface area (Å²) >= 11 is 0. The van der Waals surface area contributed by atoms with Crippen LogP contribution in [0.2, 0.25) is 0 Å². The summed E-state index contributed by atoms with van der Waals surface area (Å²) in [5, 5.41) is 10.6. The largest absolute Gasteiger partial charge is 0.390 e. The Morgan fingerprint density at radius 2 is 1.50 bits per heavy atom. The van der Waals surface area contributed by atoms with Crippen LogP contribution in [0.3, 0.4) is 0 Å². The van der Waals surface area contributed by atoms with Gasteiger partial charge in [0, 0.05) is 0 Å². The first-order valence-electron chi connectivity index (χ1n) is 7.97. The van der Waals surface area contributed by atoms with Crippen LogP contribution in [0.5, 0.6) is 0 Å². The van der Waals surface area contributed by atoms with Gasteiger partial charge in [-0.25, -0.2) is 0 Å². The molecule has 0 aromatic carbocycles. The molecule has 0 aromatic heterocycles. The van der Waals surface area contributed by atoms with E-state index in [1.54, 1.807) is 0 Å². The van der Waals surface area contributed by atoms with Gasteiger partial charge in [-0.3, -0.25) is 0 Å². The molecule has 4 atom stereocenters. The smallest absolute Gasteiger partial charge is 0.0683 e. The molecule has 1 nitrogen and oxygen atoms in total. The van der Waals surface area contributed by atoms with Crippen LogP contribution in [0.1, 0.15) is 72.1 Å². The second kappa shape index (κ2) is 3.00. The van der Waals surface area contributed by atoms with Crippen molar-refractivity contribution in [3.63, 3.8) is 0 Å². The van der Waals surface area contributed by atoms with Gasteiger partial charge in [0.25, 0.3) is 0 Å². The normalized spacial score (nSPS) is 65.3. The van der Waals surface area contributed by atoms with E-state index in [4.69, 9.17) is 0 Å². The van der Waals surface area contributed by atoms with E-state index in [-0.39, 0.29) is 5.60 Å². The summed E-state index contributed by atoms with van der Waals surface area (Å²) in [6, 6.07) is 0. The van der Waals surface area contributed by atoms with Gasteiger partial charge >= 0.3 is 0 Å². The van der Waals surface area contributed by atoms with Crippen molar-refractivity contribution in [2.24, 2.45) is 28.1 Å². The molecule has 5 fully saturated rings. The van der Waals surface area contributed by atoms with Crippen molar-refractivity contribution in [2.75, 3.05) is 0 Å². The lowest BCUT2D eigenvalue weighted by molar-refractivity contribution is -0.159. The standard InChI is InChI=1S/C17H28O/c1-12-4-17(12,18)11-16-7-13-5-14(2,9-16)8-15(3,6-13)10-16/h12-13,18H,4-11H2,1-3H3. The molecule has 1 N–H and O–H groups in total. The van der Waals surface area contributed by atoms with Gasteiger partial charge in [0.2, 0.25) is 0 Å². The Kier molecular flexibility index (Phi) is 1.96. The van der Waals surface area contributed by atoms with Crippen LogP contribution in [0.15, 0.2) is 0 Å². The maximum absolute atomic E-state index is 10.6. The van der Waals surface area contributed by atoms with E-state index in [0.29, 0.717) is 22.2 Å². The molecule has 1 heteroatoms. The second-order valence-corrected chi connectivity index (χ2v) is 9.52. The van der Waals surface area contributed by atoms with E-state index >= 15 is 0 Å². The van der Waals surface area contributed by atoms with E-state index in [2.05, 4.69) is 20.8 Å². The fraction of sp³-hybridized carbons (Fsp3) is 1.00. The van der Waals surface area contributed by atoms with Gasteiger partial charge in [-0.05, 0) is 79.4 Å². The molecule has 5 rings (SSSR count). The Labute approximate surface area is 111 Å². The molecular weight excluding hydrogens is 220 g/mol. The van der Waals surface area contributed by atoms with Crippen molar-refractivity contribution in [1.29, 1.82) is 0 Å². The van der Waals surface area contributed by atoms with Crippen molar-refractivity contribution < 1.29 is 5.11 Å². The zero-order valence-corrected chi connectivity index (χ0v) is 12.3. The lowest BCUT2D eigenvalue weighted by atomic mass is 9.39. The van der Waals surface area contributed by atoms with E-state index < -0.39 is 0 Å². The van der Waals surface area contributed by atoms with E-state index in [1.165, 1.54) is 38.5 Å². The predicted molar refractivity (Wildman–Crippen MR) is 73.2 cm³/mol. The summed E-state index contributed by atoms with van der Waals surface area (Å²) in [6.07, 6.45) is 10.8. The van der Waals surface area contributed by atoms with Crippen molar-refractivity contribution >= 4 is 0 Å². The van der Waals surface area contributed by atoms with Crippen LogP contribution in [-0.2, 0) is 0 Å². The monoisotopic (exact) mass is 248 g/mol. The summed E-state index contributed by atoms with van der Waals surface area (Å²) in [4.78, 5) is 0. The quantitative estimate of drug-likeness (QED) is 0.778. The molecule has 5 aliphatic rings. The summed E-state index contributed by atoms with van der Waals surface area (Å²) in [5.41, 5.74) is 1.42. The lowest BCUT2D eigenvalue weighted by Crippen LogP contribution is -2.56. The van der Waals surface area contributed by atoms with Crippen LogP contribution >= 0.6 is 0 Å². The third-order valence-electron chi connectivity index (χ3n) is 6.84. The third-order valence-corrected chi connectivity index (χ3v) is 6.84. The zero-order valence-electron chi connectivity index (χ0n) is 12.3. The minimum Gasteiger partial charge on any atom is -0.390 e. The summed E-state index contributed by atoms with van der Waals surface area (Å²) < 4.78 is 0. The van der Waals surface area contributed by atoms with Gasteiger partial charge in [-0.15, -0.1) is 0 Å². The minimum atomic E-state index is -0.279. The highest BCUT2D eigenvalue weighted by Crippen LogP contribution is 2.72. The molecule has 0 aromatic rings. The van der Waals surface area contributed by atoms with Gasteiger partial charge in [-0.2, -0.15) is 0 Å². The Hall–Kier alpha value is -0.0400. The molecule has 5 saturated carbocycles. The first-order chi connectivity index (χ1) is 8.24. The van der Waals surface area contributed by atoms with Gasteiger partial charge in [0.15, 0.2) is 0 Å².